The number of benzene rings is 1. The van der Waals surface area contributed by atoms with E-state index in [1.165, 1.54) is 11.1 Å². The van der Waals surface area contributed by atoms with Gasteiger partial charge in [-0.05, 0) is 67.7 Å². The highest BCUT2D eigenvalue weighted by Crippen LogP contribution is 2.16. The predicted molar refractivity (Wildman–Crippen MR) is 165 cm³/mol. The molecule has 0 saturated heterocycles. The van der Waals surface area contributed by atoms with E-state index in [-0.39, 0.29) is 6.04 Å². The molecule has 1 aliphatic rings. The van der Waals surface area contributed by atoms with Gasteiger partial charge in [-0.25, -0.2) is 0 Å². The molecule has 0 fully saturated rings. The highest BCUT2D eigenvalue weighted by Gasteiger charge is 2.15. The molecule has 3 aromatic rings. The SMILES string of the molecule is C=N/C(=C\C/C=C\C)CN(Cc1cccc(CN(Cc2ccccn2)CC2C=CC=CN2)c1)Cc1ccccn1. The Bertz CT molecular complexity index is 1300. The second kappa shape index (κ2) is 16.1. The molecule has 6 heteroatoms. The first-order valence-corrected chi connectivity index (χ1v) is 13.9. The Morgan fingerprint density at radius 2 is 1.60 bits per heavy atom. The molecule has 1 aromatic carbocycles. The van der Waals surface area contributed by atoms with Crippen molar-refractivity contribution in [3.63, 3.8) is 0 Å². The van der Waals surface area contributed by atoms with Crippen molar-refractivity contribution >= 4 is 6.72 Å². The van der Waals surface area contributed by atoms with E-state index in [1.807, 2.05) is 49.8 Å². The molecule has 0 radical (unpaired) electrons. The summed E-state index contributed by atoms with van der Waals surface area (Å²) in [5.74, 6) is 0. The summed E-state index contributed by atoms with van der Waals surface area (Å²) in [6.45, 7) is 10.6. The molecule has 1 atom stereocenters. The molecule has 1 aliphatic heterocycles. The number of aliphatic imine (C=N–C) groups is 1. The molecule has 3 heterocycles. The van der Waals surface area contributed by atoms with Gasteiger partial charge in [-0.2, -0.15) is 0 Å². The van der Waals surface area contributed by atoms with Crippen LogP contribution in [0.25, 0.3) is 0 Å². The van der Waals surface area contributed by atoms with Crippen molar-refractivity contribution in [3.05, 3.63) is 144 Å². The molecule has 0 bridgehead atoms. The summed E-state index contributed by atoms with van der Waals surface area (Å²) in [4.78, 5) is 18.3. The van der Waals surface area contributed by atoms with Crippen LogP contribution in [0.4, 0.5) is 0 Å². The van der Waals surface area contributed by atoms with Crippen molar-refractivity contribution in [1.82, 2.24) is 25.1 Å². The van der Waals surface area contributed by atoms with Crippen molar-refractivity contribution in [2.75, 3.05) is 13.1 Å². The van der Waals surface area contributed by atoms with Crippen LogP contribution in [0.3, 0.4) is 0 Å². The molecule has 0 aliphatic carbocycles. The van der Waals surface area contributed by atoms with E-state index in [1.54, 1.807) is 0 Å². The fourth-order valence-electron chi connectivity index (χ4n) is 4.77. The van der Waals surface area contributed by atoms with E-state index in [2.05, 4.69) is 110 Å². The van der Waals surface area contributed by atoms with Gasteiger partial charge in [-0.3, -0.25) is 24.8 Å². The molecular formula is C34H40N6. The second-order valence-electron chi connectivity index (χ2n) is 9.95. The molecule has 4 rings (SSSR count). The third-order valence-corrected chi connectivity index (χ3v) is 6.66. The lowest BCUT2D eigenvalue weighted by Gasteiger charge is -2.27. The summed E-state index contributed by atoms with van der Waals surface area (Å²) in [5, 5.41) is 3.46. The first kappa shape index (κ1) is 28.9. The lowest BCUT2D eigenvalue weighted by atomic mass is 10.1. The number of hydrogen-bond donors (Lipinski definition) is 1. The second-order valence-corrected chi connectivity index (χ2v) is 9.95. The van der Waals surface area contributed by atoms with Crippen LogP contribution in [0.1, 0.15) is 35.9 Å². The average Bonchev–Trinajstić information content (AvgIpc) is 2.98. The number of dihydropyridines is 1. The van der Waals surface area contributed by atoms with Crippen LogP contribution in [0.5, 0.6) is 0 Å². The molecule has 6 nitrogen and oxygen atoms in total. The smallest absolute Gasteiger partial charge is 0.0569 e. The molecule has 0 saturated carbocycles. The molecule has 0 amide bonds. The van der Waals surface area contributed by atoms with Gasteiger partial charge in [0.15, 0.2) is 0 Å². The van der Waals surface area contributed by atoms with Crippen LogP contribution >= 0.6 is 0 Å². The van der Waals surface area contributed by atoms with Crippen molar-refractivity contribution in [2.24, 2.45) is 4.99 Å². The summed E-state index contributed by atoms with van der Waals surface area (Å²) in [6, 6.07) is 21.4. The minimum atomic E-state index is 0.268. The van der Waals surface area contributed by atoms with E-state index < -0.39 is 0 Å². The molecule has 1 N–H and O–H groups in total. The highest BCUT2D eigenvalue weighted by atomic mass is 15.2. The zero-order valence-electron chi connectivity index (χ0n) is 23.4. The number of aromatic nitrogens is 2. The van der Waals surface area contributed by atoms with Crippen LogP contribution < -0.4 is 5.32 Å². The fourth-order valence-corrected chi connectivity index (χ4v) is 4.77. The minimum absolute atomic E-state index is 0.268. The van der Waals surface area contributed by atoms with Crippen LogP contribution in [-0.2, 0) is 26.2 Å². The number of rotatable bonds is 15. The minimum Gasteiger partial charge on any atom is -0.383 e. The van der Waals surface area contributed by atoms with E-state index in [0.717, 1.165) is 56.2 Å². The third-order valence-electron chi connectivity index (χ3n) is 6.66. The fraction of sp³-hybridized carbons (Fsp3) is 0.265. The molecule has 206 valence electrons. The quantitative estimate of drug-likeness (QED) is 0.190. The summed E-state index contributed by atoms with van der Waals surface area (Å²) >= 11 is 0. The van der Waals surface area contributed by atoms with Crippen LogP contribution in [0.2, 0.25) is 0 Å². The summed E-state index contributed by atoms with van der Waals surface area (Å²) in [7, 11) is 0. The van der Waals surface area contributed by atoms with Gasteiger partial charge in [-0.1, -0.05) is 66.8 Å². The Hall–Kier alpha value is -4.13. The maximum Gasteiger partial charge on any atom is 0.0569 e. The Balaban J connectivity index is 1.50. The zero-order valence-corrected chi connectivity index (χ0v) is 23.4. The van der Waals surface area contributed by atoms with Gasteiger partial charge in [0.25, 0.3) is 0 Å². The summed E-state index contributed by atoms with van der Waals surface area (Å²) < 4.78 is 0. The van der Waals surface area contributed by atoms with E-state index in [0.29, 0.717) is 6.54 Å². The Morgan fingerprint density at radius 1 is 0.900 bits per heavy atom. The van der Waals surface area contributed by atoms with Gasteiger partial charge in [-0.15, -0.1) is 0 Å². The van der Waals surface area contributed by atoms with Gasteiger partial charge in [0.05, 0.1) is 17.4 Å². The Kier molecular flexibility index (Phi) is 11.6. The standard InChI is InChI=1S/C34H40N6/c1-3-4-5-15-31(35-2)25-39(26-32-16-6-9-19-36-32)23-29-13-12-14-30(22-29)24-40(27-33-17-7-10-20-37-33)28-34-18-8-11-21-38-34/h3-4,6-22,33,37H,2,5,23-28H2,1H3/b4-3-,31-15-. The van der Waals surface area contributed by atoms with Crippen molar-refractivity contribution in [2.45, 2.75) is 45.6 Å². The van der Waals surface area contributed by atoms with Gasteiger partial charge in [0.1, 0.15) is 0 Å². The maximum atomic E-state index is 4.58. The average molecular weight is 533 g/mol. The summed E-state index contributed by atoms with van der Waals surface area (Å²) in [6.07, 6.45) is 19.3. The number of allylic oxidation sites excluding steroid dienone is 5. The first-order chi connectivity index (χ1) is 19.7. The van der Waals surface area contributed by atoms with Crippen molar-refractivity contribution in [3.8, 4) is 0 Å². The van der Waals surface area contributed by atoms with E-state index in [9.17, 15) is 0 Å². The van der Waals surface area contributed by atoms with Crippen molar-refractivity contribution < 1.29 is 0 Å². The number of pyridine rings is 2. The van der Waals surface area contributed by atoms with Crippen LogP contribution in [0.15, 0.2) is 126 Å². The van der Waals surface area contributed by atoms with Crippen LogP contribution in [0, 0.1) is 0 Å². The first-order valence-electron chi connectivity index (χ1n) is 13.9. The third kappa shape index (κ3) is 9.88. The normalized spacial score (nSPS) is 15.2. The number of nitrogens with zero attached hydrogens (tertiary/aromatic N) is 5. The number of hydrogen-bond acceptors (Lipinski definition) is 6. The van der Waals surface area contributed by atoms with Gasteiger partial charge in [0.2, 0.25) is 0 Å². The molecular weight excluding hydrogens is 492 g/mol. The molecule has 1 unspecified atom stereocenters. The lowest BCUT2D eigenvalue weighted by Crippen LogP contribution is -2.38. The Morgan fingerprint density at radius 3 is 2.20 bits per heavy atom. The molecule has 2 aromatic heterocycles. The molecule has 0 spiro atoms. The lowest BCUT2D eigenvalue weighted by molar-refractivity contribution is 0.240. The summed E-state index contributed by atoms with van der Waals surface area (Å²) in [5.41, 5.74) is 5.64. The highest BCUT2D eigenvalue weighted by molar-refractivity contribution is 5.30. The molecule has 40 heavy (non-hydrogen) atoms. The van der Waals surface area contributed by atoms with Gasteiger partial charge < -0.3 is 5.32 Å². The maximum absolute atomic E-state index is 4.58. The predicted octanol–water partition coefficient (Wildman–Crippen LogP) is 6.07. The topological polar surface area (TPSA) is 56.6 Å². The van der Waals surface area contributed by atoms with Crippen molar-refractivity contribution in [1.29, 1.82) is 0 Å². The van der Waals surface area contributed by atoms with Crippen LogP contribution in [-0.4, -0.2) is 45.6 Å². The van der Waals surface area contributed by atoms with E-state index >= 15 is 0 Å². The van der Waals surface area contributed by atoms with Gasteiger partial charge in [0, 0.05) is 57.4 Å². The van der Waals surface area contributed by atoms with Gasteiger partial charge >= 0.3 is 0 Å². The Labute approximate surface area is 239 Å². The monoisotopic (exact) mass is 532 g/mol. The van der Waals surface area contributed by atoms with E-state index in [4.69, 9.17) is 0 Å². The largest absolute Gasteiger partial charge is 0.383 e. The zero-order chi connectivity index (χ0) is 27.8. The number of nitrogens with one attached hydrogen (secondary N) is 1.